The van der Waals surface area contributed by atoms with Crippen LogP contribution in [0.1, 0.15) is 53.6 Å². The molecule has 44 heavy (non-hydrogen) atoms. The summed E-state index contributed by atoms with van der Waals surface area (Å²) in [6.07, 6.45) is -4.49. The van der Waals surface area contributed by atoms with Gasteiger partial charge in [0.2, 0.25) is 0 Å². The van der Waals surface area contributed by atoms with E-state index in [4.69, 9.17) is 0 Å². The second-order valence-electron chi connectivity index (χ2n) is 12.2. The van der Waals surface area contributed by atoms with E-state index in [9.17, 15) is 41.0 Å². The molecule has 4 saturated carbocycles. The van der Waals surface area contributed by atoms with Gasteiger partial charge in [0.15, 0.2) is 0 Å². The summed E-state index contributed by atoms with van der Waals surface area (Å²) >= 11 is 1.13. The summed E-state index contributed by atoms with van der Waals surface area (Å²) in [6, 6.07) is 12.5. The van der Waals surface area contributed by atoms with E-state index in [0.29, 0.717) is 45.5 Å². The molecule has 0 atom stereocenters. The summed E-state index contributed by atoms with van der Waals surface area (Å²) in [6.45, 7) is 0. The molecule has 4 aliphatic rings. The van der Waals surface area contributed by atoms with Crippen molar-refractivity contribution in [2.75, 3.05) is 0 Å². The van der Waals surface area contributed by atoms with Crippen LogP contribution in [0.2, 0.25) is 0 Å². The van der Waals surface area contributed by atoms with Crippen molar-refractivity contribution in [2.45, 2.75) is 59.8 Å². The number of H-pyrrole nitrogens is 1. The monoisotopic (exact) mass is 630 g/mol. The second kappa shape index (κ2) is 9.29. The lowest BCUT2D eigenvalue weighted by atomic mass is 9.32. The zero-order valence-electron chi connectivity index (χ0n) is 22.8. The number of aromatic nitrogens is 1. The SMILES string of the molecule is O=C(NC1(C23CC(C(=O)O)(C2)C3)CC1)c1ccc(-c2cccc(C(F)(F)F)c2)c2[nH]cc(Sc3ccc(C(F)(F)F)cc3)c12. The van der Waals surface area contributed by atoms with Crippen molar-refractivity contribution in [1.82, 2.24) is 10.3 Å². The molecular weight excluding hydrogens is 606 g/mol. The van der Waals surface area contributed by atoms with E-state index in [-0.39, 0.29) is 16.5 Å². The summed E-state index contributed by atoms with van der Waals surface area (Å²) in [5, 5.41) is 13.2. The van der Waals surface area contributed by atoms with E-state index < -0.39 is 46.3 Å². The quantitative estimate of drug-likeness (QED) is 0.179. The van der Waals surface area contributed by atoms with Crippen LogP contribution in [0.3, 0.4) is 0 Å². The first kappa shape index (κ1) is 28.8. The maximum atomic E-state index is 13.9. The van der Waals surface area contributed by atoms with E-state index in [1.165, 1.54) is 24.3 Å². The molecule has 0 saturated heterocycles. The largest absolute Gasteiger partial charge is 0.481 e. The number of aliphatic carboxylic acids is 1. The van der Waals surface area contributed by atoms with Gasteiger partial charge in [-0.05, 0) is 85.5 Å². The molecule has 1 heterocycles. The van der Waals surface area contributed by atoms with E-state index in [1.54, 1.807) is 18.3 Å². The van der Waals surface area contributed by atoms with Crippen LogP contribution in [0.15, 0.2) is 76.7 Å². The Morgan fingerprint density at radius 1 is 0.864 bits per heavy atom. The molecule has 4 aromatic rings. The molecule has 3 N–H and O–H groups in total. The molecule has 4 fully saturated rings. The van der Waals surface area contributed by atoms with Gasteiger partial charge in [-0.15, -0.1) is 0 Å². The Kier molecular flexibility index (Phi) is 6.08. The fraction of sp³-hybridized carbons (Fsp3) is 0.312. The maximum absolute atomic E-state index is 13.9. The second-order valence-corrected chi connectivity index (χ2v) is 13.3. The lowest BCUT2D eigenvalue weighted by Crippen LogP contribution is -2.73. The summed E-state index contributed by atoms with van der Waals surface area (Å²) in [5.41, 5.74) is -1.74. The molecule has 8 rings (SSSR count). The Morgan fingerprint density at radius 3 is 2.11 bits per heavy atom. The zero-order chi connectivity index (χ0) is 31.3. The normalized spacial score (nSPS) is 23.5. The Balaban J connectivity index is 1.27. The molecule has 3 aromatic carbocycles. The van der Waals surface area contributed by atoms with Gasteiger partial charge in [0.05, 0.1) is 22.1 Å². The van der Waals surface area contributed by atoms with Gasteiger partial charge in [-0.1, -0.05) is 30.0 Å². The molecule has 0 aliphatic heterocycles. The number of hydrogen-bond acceptors (Lipinski definition) is 3. The minimum atomic E-state index is -4.56. The molecule has 0 spiro atoms. The number of alkyl halides is 6. The van der Waals surface area contributed by atoms with E-state index in [2.05, 4.69) is 10.3 Å². The van der Waals surface area contributed by atoms with Crippen molar-refractivity contribution in [3.8, 4) is 11.1 Å². The number of hydrogen-bond donors (Lipinski definition) is 3. The number of aromatic amines is 1. The van der Waals surface area contributed by atoms with Crippen molar-refractivity contribution in [1.29, 1.82) is 0 Å². The highest BCUT2D eigenvalue weighted by Crippen LogP contribution is 2.81. The van der Waals surface area contributed by atoms with Crippen molar-refractivity contribution in [3.63, 3.8) is 0 Å². The predicted octanol–water partition coefficient (Wildman–Crippen LogP) is 8.54. The fourth-order valence-electron chi connectivity index (χ4n) is 7.15. The van der Waals surface area contributed by atoms with Crippen molar-refractivity contribution in [2.24, 2.45) is 10.8 Å². The first-order chi connectivity index (χ1) is 20.7. The topological polar surface area (TPSA) is 82.2 Å². The van der Waals surface area contributed by atoms with E-state index in [1.807, 2.05) is 0 Å². The molecule has 4 aliphatic carbocycles. The van der Waals surface area contributed by atoms with Crippen LogP contribution in [0.4, 0.5) is 26.3 Å². The van der Waals surface area contributed by atoms with Gasteiger partial charge in [0, 0.05) is 38.0 Å². The zero-order valence-corrected chi connectivity index (χ0v) is 23.6. The number of carboxylic acid groups (broad SMARTS) is 1. The van der Waals surface area contributed by atoms with E-state index in [0.717, 1.165) is 48.9 Å². The molecule has 2 bridgehead atoms. The molecule has 1 aromatic heterocycles. The van der Waals surface area contributed by atoms with Crippen LogP contribution in [0.25, 0.3) is 22.0 Å². The number of halogens is 6. The number of carboxylic acids is 1. The van der Waals surface area contributed by atoms with Gasteiger partial charge < -0.3 is 15.4 Å². The van der Waals surface area contributed by atoms with Crippen LogP contribution in [0, 0.1) is 10.8 Å². The van der Waals surface area contributed by atoms with E-state index >= 15 is 0 Å². The smallest absolute Gasteiger partial charge is 0.416 e. The van der Waals surface area contributed by atoms with Gasteiger partial charge in [0.25, 0.3) is 5.91 Å². The Labute approximate surface area is 251 Å². The van der Waals surface area contributed by atoms with Gasteiger partial charge in [-0.25, -0.2) is 0 Å². The van der Waals surface area contributed by atoms with Gasteiger partial charge in [-0.2, -0.15) is 26.3 Å². The molecule has 1 amide bonds. The highest BCUT2D eigenvalue weighted by atomic mass is 32.2. The summed E-state index contributed by atoms with van der Waals surface area (Å²) < 4.78 is 79.9. The highest BCUT2D eigenvalue weighted by Gasteiger charge is 2.81. The average molecular weight is 631 g/mol. The summed E-state index contributed by atoms with van der Waals surface area (Å²) in [4.78, 5) is 29.6. The van der Waals surface area contributed by atoms with Crippen LogP contribution in [-0.4, -0.2) is 27.5 Å². The minimum Gasteiger partial charge on any atom is -0.481 e. The van der Waals surface area contributed by atoms with Crippen molar-refractivity contribution in [3.05, 3.63) is 83.6 Å². The Morgan fingerprint density at radius 2 is 1.52 bits per heavy atom. The van der Waals surface area contributed by atoms with Gasteiger partial charge in [-0.3, -0.25) is 9.59 Å². The van der Waals surface area contributed by atoms with Crippen LogP contribution in [-0.2, 0) is 17.1 Å². The summed E-state index contributed by atoms with van der Waals surface area (Å²) in [7, 11) is 0. The van der Waals surface area contributed by atoms with Gasteiger partial charge >= 0.3 is 18.3 Å². The van der Waals surface area contributed by atoms with Crippen LogP contribution >= 0.6 is 11.8 Å². The third-order valence-electron chi connectivity index (χ3n) is 9.56. The summed E-state index contributed by atoms with van der Waals surface area (Å²) in [5.74, 6) is -1.21. The molecular formula is C32H24F6N2O3S. The molecule has 5 nitrogen and oxygen atoms in total. The first-order valence-electron chi connectivity index (χ1n) is 13.9. The number of carbonyl (C=O) groups is 2. The van der Waals surface area contributed by atoms with Crippen LogP contribution in [0.5, 0.6) is 0 Å². The fourth-order valence-corrected chi connectivity index (χ4v) is 8.11. The number of rotatable bonds is 7. The molecule has 0 radical (unpaired) electrons. The lowest BCUT2D eigenvalue weighted by molar-refractivity contribution is -0.236. The third-order valence-corrected chi connectivity index (χ3v) is 10.6. The number of amides is 1. The van der Waals surface area contributed by atoms with Crippen molar-refractivity contribution >= 4 is 34.5 Å². The average Bonchev–Trinajstić information content (AvgIpc) is 3.55. The van der Waals surface area contributed by atoms with Gasteiger partial charge in [0.1, 0.15) is 0 Å². The highest BCUT2D eigenvalue weighted by molar-refractivity contribution is 7.99. The Bertz CT molecular complexity index is 1820. The standard InChI is InChI=1S/C32H24F6N2O3S/c33-31(34,35)18-4-6-20(7-5-18)44-23-13-39-25-21(17-2-1-3-19(12-17)32(36,37)38)8-9-22(24(23)25)26(41)40-30(10-11-30)29-14-28(15-29,16-29)27(42)43/h1-9,12-13,39H,10-11,14-16H2,(H,40,41)(H,42,43). The number of benzene rings is 3. The minimum absolute atomic E-state index is 0.256. The third kappa shape index (κ3) is 4.40. The predicted molar refractivity (Wildman–Crippen MR) is 150 cm³/mol. The van der Waals surface area contributed by atoms with Crippen LogP contribution < -0.4 is 5.32 Å². The molecule has 228 valence electrons. The van der Waals surface area contributed by atoms with Crippen molar-refractivity contribution < 1.29 is 41.0 Å². The Hall–Kier alpha value is -3.93. The number of fused-ring (bicyclic) bond motifs is 1. The molecule has 0 unspecified atom stereocenters. The lowest BCUT2D eigenvalue weighted by Gasteiger charge is -2.71. The number of nitrogens with one attached hydrogen (secondary N) is 2. The number of carbonyl (C=O) groups excluding carboxylic acids is 1. The first-order valence-corrected chi connectivity index (χ1v) is 14.7. The maximum Gasteiger partial charge on any atom is 0.416 e. The molecule has 12 heteroatoms.